The highest BCUT2D eigenvalue weighted by Gasteiger charge is 2.43. The molecule has 0 bridgehead atoms. The molecule has 1 spiro atoms. The Morgan fingerprint density at radius 1 is 1.19 bits per heavy atom. The van der Waals surface area contributed by atoms with Crippen LogP contribution < -0.4 is 5.32 Å². The van der Waals surface area contributed by atoms with Crippen LogP contribution in [0.1, 0.15) is 44.9 Å². The van der Waals surface area contributed by atoms with Crippen LogP contribution in [-0.4, -0.2) is 61.6 Å². The predicted molar refractivity (Wildman–Crippen MR) is 86.5 cm³/mol. The number of rotatable bonds is 3. The Morgan fingerprint density at radius 2 is 2.05 bits per heavy atom. The molecule has 2 heterocycles. The second-order valence-corrected chi connectivity index (χ2v) is 7.83. The van der Waals surface area contributed by atoms with E-state index in [0.717, 1.165) is 24.5 Å². The number of aliphatic imine (C=N–C) groups is 1. The molecule has 118 valence electrons. The Balaban J connectivity index is 1.25. The number of likely N-dealkylation sites (tertiary alicyclic amines) is 2. The van der Waals surface area contributed by atoms with Gasteiger partial charge in [0.15, 0.2) is 5.96 Å². The largest absolute Gasteiger partial charge is 0.356 e. The van der Waals surface area contributed by atoms with Gasteiger partial charge in [0.05, 0.1) is 0 Å². The summed E-state index contributed by atoms with van der Waals surface area (Å²) in [5.41, 5.74) is 0.660. The minimum absolute atomic E-state index is 0.660. The summed E-state index contributed by atoms with van der Waals surface area (Å²) < 4.78 is 0. The summed E-state index contributed by atoms with van der Waals surface area (Å²) >= 11 is 0. The fraction of sp³-hybridized carbons (Fsp3) is 0.941. The number of guanidine groups is 1. The second kappa shape index (κ2) is 5.45. The average molecular weight is 290 g/mol. The Labute approximate surface area is 129 Å². The molecule has 4 heteroatoms. The Kier molecular flexibility index (Phi) is 3.60. The summed E-state index contributed by atoms with van der Waals surface area (Å²) in [6, 6.07) is 0.936. The van der Waals surface area contributed by atoms with Gasteiger partial charge >= 0.3 is 0 Å². The van der Waals surface area contributed by atoms with Crippen LogP contribution >= 0.6 is 0 Å². The summed E-state index contributed by atoms with van der Waals surface area (Å²) in [7, 11) is 1.94. The monoisotopic (exact) mass is 290 g/mol. The average Bonchev–Trinajstić information content (AvgIpc) is 3.02. The number of nitrogens with zero attached hydrogens (tertiary/aromatic N) is 3. The van der Waals surface area contributed by atoms with E-state index in [0.29, 0.717) is 5.41 Å². The van der Waals surface area contributed by atoms with Gasteiger partial charge in [-0.25, -0.2) is 0 Å². The molecule has 0 aromatic carbocycles. The van der Waals surface area contributed by atoms with Crippen molar-refractivity contribution in [2.75, 3.05) is 39.8 Å². The van der Waals surface area contributed by atoms with Gasteiger partial charge in [0.25, 0.3) is 0 Å². The number of nitrogens with one attached hydrogen (secondary N) is 1. The van der Waals surface area contributed by atoms with E-state index >= 15 is 0 Å². The molecule has 2 aliphatic heterocycles. The van der Waals surface area contributed by atoms with E-state index in [4.69, 9.17) is 0 Å². The van der Waals surface area contributed by atoms with Crippen LogP contribution in [-0.2, 0) is 0 Å². The zero-order chi connectivity index (χ0) is 14.3. The third kappa shape index (κ3) is 2.79. The summed E-state index contributed by atoms with van der Waals surface area (Å²) in [5, 5.41) is 3.67. The molecule has 0 aromatic rings. The lowest BCUT2D eigenvalue weighted by Gasteiger charge is -2.38. The Hall–Kier alpha value is -0.770. The molecule has 1 atom stereocenters. The summed E-state index contributed by atoms with van der Waals surface area (Å²) in [4.78, 5) is 9.75. The normalized spacial score (nSPS) is 32.7. The molecule has 2 saturated carbocycles. The maximum Gasteiger partial charge on any atom is 0.193 e. The van der Waals surface area contributed by atoms with Crippen molar-refractivity contribution in [1.29, 1.82) is 0 Å². The zero-order valence-electron chi connectivity index (χ0n) is 13.5. The summed E-state index contributed by atoms with van der Waals surface area (Å²) in [5.74, 6) is 1.98. The van der Waals surface area contributed by atoms with Crippen LogP contribution in [0, 0.1) is 11.3 Å². The Bertz CT molecular complexity index is 411. The van der Waals surface area contributed by atoms with Crippen LogP contribution in [0.25, 0.3) is 0 Å². The van der Waals surface area contributed by atoms with Crippen LogP contribution in [0.2, 0.25) is 0 Å². The second-order valence-electron chi connectivity index (χ2n) is 7.83. The first-order valence-electron chi connectivity index (χ1n) is 8.98. The first-order valence-corrected chi connectivity index (χ1v) is 8.98. The highest BCUT2D eigenvalue weighted by atomic mass is 15.3. The standard InChI is InChI=1S/C17H30N4/c1-18-16(21-10-8-17(13-21)6-2-7-17)19-11-14-5-9-20(12-14)15-3-4-15/h14-15H,2-13H2,1H3,(H,18,19). The van der Waals surface area contributed by atoms with Crippen molar-refractivity contribution >= 4 is 5.96 Å². The van der Waals surface area contributed by atoms with Gasteiger partial charge in [-0.05, 0) is 56.4 Å². The molecule has 2 saturated heterocycles. The van der Waals surface area contributed by atoms with Crippen LogP contribution in [0.4, 0.5) is 0 Å². The van der Waals surface area contributed by atoms with Crippen LogP contribution in [0.5, 0.6) is 0 Å². The van der Waals surface area contributed by atoms with Crippen molar-refractivity contribution < 1.29 is 0 Å². The first-order chi connectivity index (χ1) is 10.3. The summed E-state index contributed by atoms with van der Waals surface area (Å²) in [6.45, 7) is 6.19. The van der Waals surface area contributed by atoms with E-state index in [9.17, 15) is 0 Å². The molecule has 4 rings (SSSR count). The lowest BCUT2D eigenvalue weighted by molar-refractivity contribution is 0.151. The highest BCUT2D eigenvalue weighted by Crippen LogP contribution is 2.47. The quantitative estimate of drug-likeness (QED) is 0.636. The fourth-order valence-corrected chi connectivity index (χ4v) is 4.57. The minimum atomic E-state index is 0.660. The molecule has 4 nitrogen and oxygen atoms in total. The maximum atomic E-state index is 4.54. The van der Waals surface area contributed by atoms with Gasteiger partial charge in [-0.2, -0.15) is 0 Å². The third-order valence-corrected chi connectivity index (χ3v) is 6.29. The Morgan fingerprint density at radius 3 is 2.67 bits per heavy atom. The third-order valence-electron chi connectivity index (χ3n) is 6.29. The van der Waals surface area contributed by atoms with Gasteiger partial charge in [-0.1, -0.05) is 6.42 Å². The molecule has 1 unspecified atom stereocenters. The smallest absolute Gasteiger partial charge is 0.193 e. The molecule has 0 radical (unpaired) electrons. The van der Waals surface area contributed by atoms with E-state index in [1.165, 1.54) is 71.1 Å². The molecule has 4 fully saturated rings. The topological polar surface area (TPSA) is 30.9 Å². The molecule has 2 aliphatic carbocycles. The summed E-state index contributed by atoms with van der Waals surface area (Å²) in [6.07, 6.45) is 9.96. The fourth-order valence-electron chi connectivity index (χ4n) is 4.57. The van der Waals surface area contributed by atoms with Gasteiger partial charge in [-0.3, -0.25) is 4.99 Å². The number of hydrogen-bond acceptors (Lipinski definition) is 2. The van der Waals surface area contributed by atoms with Crippen LogP contribution in [0.3, 0.4) is 0 Å². The molecule has 1 N–H and O–H groups in total. The van der Waals surface area contributed by atoms with Gasteiger partial charge in [0, 0.05) is 39.3 Å². The van der Waals surface area contributed by atoms with E-state index in [-0.39, 0.29) is 0 Å². The van der Waals surface area contributed by atoms with Gasteiger partial charge < -0.3 is 15.1 Å². The predicted octanol–water partition coefficient (Wildman–Crippen LogP) is 1.92. The van der Waals surface area contributed by atoms with Crippen LogP contribution in [0.15, 0.2) is 4.99 Å². The minimum Gasteiger partial charge on any atom is -0.356 e. The molecular weight excluding hydrogens is 260 g/mol. The maximum absolute atomic E-state index is 4.54. The first kappa shape index (κ1) is 13.9. The van der Waals surface area contributed by atoms with Crippen molar-refractivity contribution in [3.8, 4) is 0 Å². The van der Waals surface area contributed by atoms with Crippen molar-refractivity contribution in [2.45, 2.75) is 51.0 Å². The van der Waals surface area contributed by atoms with Crippen molar-refractivity contribution in [3.63, 3.8) is 0 Å². The van der Waals surface area contributed by atoms with Crippen molar-refractivity contribution in [2.24, 2.45) is 16.3 Å². The molecule has 4 aliphatic rings. The molecule has 0 aromatic heterocycles. The van der Waals surface area contributed by atoms with E-state index in [1.54, 1.807) is 0 Å². The van der Waals surface area contributed by atoms with E-state index in [2.05, 4.69) is 20.1 Å². The van der Waals surface area contributed by atoms with Crippen molar-refractivity contribution in [1.82, 2.24) is 15.1 Å². The lowest BCUT2D eigenvalue weighted by Crippen LogP contribution is -2.44. The van der Waals surface area contributed by atoms with E-state index in [1.807, 2.05) is 7.05 Å². The lowest BCUT2D eigenvalue weighted by atomic mass is 9.68. The molecular formula is C17H30N4. The van der Waals surface area contributed by atoms with Gasteiger partial charge in [-0.15, -0.1) is 0 Å². The van der Waals surface area contributed by atoms with Crippen molar-refractivity contribution in [3.05, 3.63) is 0 Å². The molecule has 0 amide bonds. The van der Waals surface area contributed by atoms with E-state index < -0.39 is 0 Å². The van der Waals surface area contributed by atoms with Gasteiger partial charge in [0.2, 0.25) is 0 Å². The number of hydrogen-bond donors (Lipinski definition) is 1. The zero-order valence-corrected chi connectivity index (χ0v) is 13.5. The SMILES string of the molecule is CN=C(NCC1CCN(C2CC2)C1)N1CCC2(CCC2)C1. The van der Waals surface area contributed by atoms with Gasteiger partial charge in [0.1, 0.15) is 0 Å². The highest BCUT2D eigenvalue weighted by molar-refractivity contribution is 5.80. The molecule has 21 heavy (non-hydrogen) atoms.